The van der Waals surface area contributed by atoms with E-state index in [1.165, 1.54) is 0 Å². The predicted octanol–water partition coefficient (Wildman–Crippen LogP) is 3.66. The van der Waals surface area contributed by atoms with Crippen LogP contribution in [0.25, 0.3) is 11.4 Å². The summed E-state index contributed by atoms with van der Waals surface area (Å²) in [6, 6.07) is 7.52. The van der Waals surface area contributed by atoms with Crippen molar-refractivity contribution in [3.05, 3.63) is 46.6 Å². The van der Waals surface area contributed by atoms with Crippen molar-refractivity contribution in [3.8, 4) is 17.1 Å². The lowest BCUT2D eigenvalue weighted by Gasteiger charge is -2.33. The molecule has 3 heterocycles. The van der Waals surface area contributed by atoms with Crippen LogP contribution < -0.4 is 4.74 Å². The van der Waals surface area contributed by atoms with E-state index in [4.69, 9.17) is 20.9 Å². The molecular formula is C23H29ClN6O3. The van der Waals surface area contributed by atoms with Crippen molar-refractivity contribution in [1.82, 2.24) is 29.7 Å². The molecule has 3 aromatic rings. The highest BCUT2D eigenvalue weighted by Gasteiger charge is 2.28. The highest BCUT2D eigenvalue weighted by Crippen LogP contribution is 2.24. The molecule has 10 heteroatoms. The van der Waals surface area contributed by atoms with Crippen LogP contribution in [-0.4, -0.2) is 68.9 Å². The fraction of sp³-hybridized carbons (Fsp3) is 0.478. The maximum Gasteiger partial charge on any atom is 0.258 e. The van der Waals surface area contributed by atoms with Gasteiger partial charge in [0.2, 0.25) is 11.7 Å². The van der Waals surface area contributed by atoms with E-state index >= 15 is 0 Å². The number of rotatable bonds is 8. The Labute approximate surface area is 198 Å². The van der Waals surface area contributed by atoms with E-state index < -0.39 is 0 Å². The SMILES string of the molecule is CCCCn1nc(C)c(C(=O)N2CCN(Cc3nc(-c4ccc(OC)cc4)no3)CC2)c1Cl. The second-order valence-corrected chi connectivity index (χ2v) is 8.49. The minimum atomic E-state index is -0.0560. The Balaban J connectivity index is 1.33. The van der Waals surface area contributed by atoms with Gasteiger partial charge in [-0.2, -0.15) is 10.1 Å². The molecule has 1 aliphatic rings. The molecule has 0 saturated carbocycles. The van der Waals surface area contributed by atoms with Crippen molar-refractivity contribution in [1.29, 1.82) is 0 Å². The molecule has 1 fully saturated rings. The van der Waals surface area contributed by atoms with E-state index in [2.05, 4.69) is 27.1 Å². The van der Waals surface area contributed by atoms with Gasteiger partial charge >= 0.3 is 0 Å². The van der Waals surface area contributed by atoms with Crippen LogP contribution in [0.4, 0.5) is 0 Å². The Morgan fingerprint density at radius 2 is 1.91 bits per heavy atom. The summed E-state index contributed by atoms with van der Waals surface area (Å²) in [6.07, 6.45) is 2.02. The van der Waals surface area contributed by atoms with Gasteiger partial charge in [0.25, 0.3) is 5.91 Å². The summed E-state index contributed by atoms with van der Waals surface area (Å²) in [7, 11) is 1.63. The van der Waals surface area contributed by atoms with E-state index in [0.29, 0.717) is 60.8 Å². The van der Waals surface area contributed by atoms with E-state index in [-0.39, 0.29) is 5.91 Å². The second-order valence-electron chi connectivity index (χ2n) is 8.14. The molecule has 1 aliphatic heterocycles. The van der Waals surface area contributed by atoms with Gasteiger partial charge in [-0.3, -0.25) is 14.4 Å². The summed E-state index contributed by atoms with van der Waals surface area (Å²) in [5, 5.41) is 8.99. The number of amides is 1. The van der Waals surface area contributed by atoms with Crippen LogP contribution in [0, 0.1) is 6.92 Å². The normalized spacial score (nSPS) is 14.6. The lowest BCUT2D eigenvalue weighted by Crippen LogP contribution is -2.48. The van der Waals surface area contributed by atoms with Gasteiger partial charge in [0.1, 0.15) is 10.9 Å². The van der Waals surface area contributed by atoms with Crippen molar-refractivity contribution in [2.24, 2.45) is 0 Å². The molecule has 0 bridgehead atoms. The van der Waals surface area contributed by atoms with E-state index in [9.17, 15) is 4.79 Å². The molecule has 0 atom stereocenters. The first-order valence-electron chi connectivity index (χ1n) is 11.2. The first-order chi connectivity index (χ1) is 16.0. The van der Waals surface area contributed by atoms with Gasteiger partial charge in [-0.1, -0.05) is 30.1 Å². The smallest absolute Gasteiger partial charge is 0.258 e. The van der Waals surface area contributed by atoms with Crippen molar-refractivity contribution >= 4 is 17.5 Å². The first-order valence-corrected chi connectivity index (χ1v) is 11.6. The quantitative estimate of drug-likeness (QED) is 0.494. The monoisotopic (exact) mass is 472 g/mol. The lowest BCUT2D eigenvalue weighted by molar-refractivity contribution is 0.0614. The van der Waals surface area contributed by atoms with Crippen LogP contribution in [0.5, 0.6) is 5.75 Å². The van der Waals surface area contributed by atoms with Crippen LogP contribution >= 0.6 is 11.6 Å². The highest BCUT2D eigenvalue weighted by atomic mass is 35.5. The molecule has 0 N–H and O–H groups in total. The topological polar surface area (TPSA) is 89.5 Å². The summed E-state index contributed by atoms with van der Waals surface area (Å²) < 4.78 is 12.4. The fourth-order valence-electron chi connectivity index (χ4n) is 3.89. The number of carbonyl (C=O) groups excluding carboxylic acids is 1. The van der Waals surface area contributed by atoms with Crippen molar-refractivity contribution in [3.63, 3.8) is 0 Å². The molecule has 33 heavy (non-hydrogen) atoms. The molecule has 4 rings (SSSR count). The summed E-state index contributed by atoms with van der Waals surface area (Å²) in [5.74, 6) is 1.82. The fourth-order valence-corrected chi connectivity index (χ4v) is 4.23. The zero-order chi connectivity index (χ0) is 23.4. The van der Waals surface area contributed by atoms with Gasteiger partial charge in [0.05, 0.1) is 24.9 Å². The lowest BCUT2D eigenvalue weighted by atomic mass is 10.2. The van der Waals surface area contributed by atoms with E-state index in [0.717, 1.165) is 30.7 Å². The van der Waals surface area contributed by atoms with Gasteiger partial charge in [0.15, 0.2) is 0 Å². The zero-order valence-corrected chi connectivity index (χ0v) is 20.0. The molecule has 0 radical (unpaired) electrons. The minimum absolute atomic E-state index is 0.0560. The van der Waals surface area contributed by atoms with E-state index in [1.807, 2.05) is 36.1 Å². The zero-order valence-electron chi connectivity index (χ0n) is 19.3. The summed E-state index contributed by atoms with van der Waals surface area (Å²) in [6.45, 7) is 7.86. The van der Waals surface area contributed by atoms with Gasteiger partial charge in [-0.05, 0) is 37.6 Å². The van der Waals surface area contributed by atoms with Crippen LogP contribution in [0.1, 0.15) is 41.7 Å². The van der Waals surface area contributed by atoms with E-state index in [1.54, 1.807) is 11.8 Å². The Hall–Kier alpha value is -2.91. The number of aryl methyl sites for hydroxylation is 2. The Kier molecular flexibility index (Phi) is 7.29. The molecule has 1 amide bonds. The third-order valence-corrected chi connectivity index (χ3v) is 6.22. The maximum atomic E-state index is 13.1. The number of carbonyl (C=O) groups is 1. The van der Waals surface area contributed by atoms with Crippen LogP contribution in [0.3, 0.4) is 0 Å². The first kappa shape index (κ1) is 23.3. The summed E-state index contributed by atoms with van der Waals surface area (Å²) in [5.41, 5.74) is 2.07. The van der Waals surface area contributed by atoms with Crippen molar-refractivity contribution in [2.45, 2.75) is 39.8 Å². The van der Waals surface area contributed by atoms with Crippen LogP contribution in [0.2, 0.25) is 5.15 Å². The molecule has 9 nitrogen and oxygen atoms in total. The van der Waals surface area contributed by atoms with Crippen LogP contribution in [0.15, 0.2) is 28.8 Å². The average molecular weight is 473 g/mol. The molecule has 1 aromatic carbocycles. The number of unbranched alkanes of at least 4 members (excludes halogenated alkanes) is 1. The number of nitrogens with zero attached hydrogens (tertiary/aromatic N) is 6. The number of hydrogen-bond acceptors (Lipinski definition) is 7. The molecule has 176 valence electrons. The van der Waals surface area contributed by atoms with Gasteiger partial charge in [-0.15, -0.1) is 0 Å². The Morgan fingerprint density at radius 3 is 2.58 bits per heavy atom. The average Bonchev–Trinajstić information content (AvgIpc) is 3.41. The molecule has 2 aromatic heterocycles. The number of benzene rings is 1. The highest BCUT2D eigenvalue weighted by molar-refractivity contribution is 6.33. The predicted molar refractivity (Wildman–Crippen MR) is 124 cm³/mol. The number of ether oxygens (including phenoxy) is 1. The largest absolute Gasteiger partial charge is 0.497 e. The van der Waals surface area contributed by atoms with Gasteiger partial charge in [-0.25, -0.2) is 0 Å². The number of hydrogen-bond donors (Lipinski definition) is 0. The number of piperazine rings is 1. The number of aromatic nitrogens is 4. The van der Waals surface area contributed by atoms with Gasteiger partial charge in [0, 0.05) is 38.3 Å². The standard InChI is InChI=1S/C23H29ClN6O3/c1-4-5-10-30-21(24)20(16(2)26-30)23(31)29-13-11-28(12-14-29)15-19-25-22(27-33-19)17-6-8-18(32-3)9-7-17/h6-9H,4-5,10-15H2,1-3H3. The number of methoxy groups -OCH3 is 1. The summed E-state index contributed by atoms with van der Waals surface area (Å²) in [4.78, 5) is 21.7. The van der Waals surface area contributed by atoms with Gasteiger partial charge < -0.3 is 14.2 Å². The Bertz CT molecular complexity index is 1090. The third kappa shape index (κ3) is 5.20. The van der Waals surface area contributed by atoms with Crippen LogP contribution in [-0.2, 0) is 13.1 Å². The minimum Gasteiger partial charge on any atom is -0.497 e. The molecule has 1 saturated heterocycles. The maximum absolute atomic E-state index is 13.1. The third-order valence-electron chi connectivity index (χ3n) is 5.84. The molecule has 0 spiro atoms. The van der Waals surface area contributed by atoms with Crippen molar-refractivity contribution in [2.75, 3.05) is 33.3 Å². The molecular weight excluding hydrogens is 444 g/mol. The van der Waals surface area contributed by atoms with Crippen molar-refractivity contribution < 1.29 is 14.1 Å². The molecule has 0 aliphatic carbocycles. The number of halogens is 1. The Morgan fingerprint density at radius 1 is 1.18 bits per heavy atom. The summed E-state index contributed by atoms with van der Waals surface area (Å²) >= 11 is 6.49. The molecule has 0 unspecified atom stereocenters. The second kappa shape index (κ2) is 10.4.